The van der Waals surface area contributed by atoms with Crippen LogP contribution < -0.4 is 5.32 Å². The number of amides is 1. The van der Waals surface area contributed by atoms with Gasteiger partial charge in [-0.05, 0) is 30.3 Å². The summed E-state index contributed by atoms with van der Waals surface area (Å²) in [5.41, 5.74) is 4.40. The van der Waals surface area contributed by atoms with Gasteiger partial charge in [-0.1, -0.05) is 30.3 Å². The zero-order valence-electron chi connectivity index (χ0n) is 13.2. The Morgan fingerprint density at radius 2 is 1.96 bits per heavy atom. The monoisotopic (exact) mass is 316 g/mol. The summed E-state index contributed by atoms with van der Waals surface area (Å²) in [5, 5.41) is 8.10. The number of nitrogens with one attached hydrogen (secondary N) is 2. The molecule has 0 spiro atoms. The summed E-state index contributed by atoms with van der Waals surface area (Å²) in [7, 11) is 1.75. The van der Waals surface area contributed by atoms with Gasteiger partial charge in [-0.25, -0.2) is 0 Å². The largest absolute Gasteiger partial charge is 0.355 e. The van der Waals surface area contributed by atoms with Crippen LogP contribution in [-0.4, -0.2) is 20.7 Å². The SMILES string of the molecule is Cn1nccc1C(=O)Nc1cccc(-c2cc3ccccc3[nH]2)c1. The fourth-order valence-electron chi connectivity index (χ4n) is 2.79. The molecule has 0 aliphatic heterocycles. The van der Waals surface area contributed by atoms with Gasteiger partial charge >= 0.3 is 0 Å². The Bertz CT molecular complexity index is 995. The summed E-state index contributed by atoms with van der Waals surface area (Å²) in [5.74, 6) is -0.177. The number of para-hydroxylation sites is 1. The van der Waals surface area contributed by atoms with Gasteiger partial charge in [0.15, 0.2) is 0 Å². The first-order valence-corrected chi connectivity index (χ1v) is 7.68. The number of rotatable bonds is 3. The van der Waals surface area contributed by atoms with Crippen LogP contribution >= 0.6 is 0 Å². The number of aryl methyl sites for hydroxylation is 1. The van der Waals surface area contributed by atoms with E-state index in [4.69, 9.17) is 0 Å². The van der Waals surface area contributed by atoms with Crippen molar-refractivity contribution in [2.24, 2.45) is 7.05 Å². The number of nitrogens with zero attached hydrogens (tertiary/aromatic N) is 2. The number of H-pyrrole nitrogens is 1. The molecule has 0 aliphatic rings. The van der Waals surface area contributed by atoms with Crippen LogP contribution in [0.4, 0.5) is 5.69 Å². The molecule has 0 radical (unpaired) electrons. The Hall–Kier alpha value is -3.34. The van der Waals surface area contributed by atoms with Crippen LogP contribution in [0.5, 0.6) is 0 Å². The second kappa shape index (κ2) is 5.70. The van der Waals surface area contributed by atoms with E-state index in [2.05, 4.69) is 27.5 Å². The van der Waals surface area contributed by atoms with E-state index in [9.17, 15) is 4.79 Å². The minimum absolute atomic E-state index is 0.177. The number of aromatic amines is 1. The maximum atomic E-state index is 12.3. The van der Waals surface area contributed by atoms with Crippen molar-refractivity contribution in [1.82, 2.24) is 14.8 Å². The molecule has 5 heteroatoms. The lowest BCUT2D eigenvalue weighted by molar-refractivity contribution is 0.101. The first kappa shape index (κ1) is 14.3. The molecule has 2 aromatic carbocycles. The first-order chi connectivity index (χ1) is 11.7. The van der Waals surface area contributed by atoms with Crippen molar-refractivity contribution in [1.29, 1.82) is 0 Å². The number of fused-ring (bicyclic) bond motifs is 1. The van der Waals surface area contributed by atoms with E-state index >= 15 is 0 Å². The minimum Gasteiger partial charge on any atom is -0.355 e. The van der Waals surface area contributed by atoms with Crippen LogP contribution in [0.3, 0.4) is 0 Å². The summed E-state index contributed by atoms with van der Waals surface area (Å²) in [6.07, 6.45) is 1.61. The van der Waals surface area contributed by atoms with Crippen LogP contribution in [0.1, 0.15) is 10.5 Å². The summed E-state index contributed by atoms with van der Waals surface area (Å²) in [4.78, 5) is 15.7. The molecule has 4 rings (SSSR count). The molecule has 1 amide bonds. The van der Waals surface area contributed by atoms with Crippen LogP contribution in [0.15, 0.2) is 66.9 Å². The van der Waals surface area contributed by atoms with Crippen molar-refractivity contribution in [3.63, 3.8) is 0 Å². The van der Waals surface area contributed by atoms with Crippen molar-refractivity contribution in [2.45, 2.75) is 0 Å². The molecule has 4 aromatic rings. The lowest BCUT2D eigenvalue weighted by Crippen LogP contribution is -2.16. The van der Waals surface area contributed by atoms with E-state index in [1.54, 1.807) is 24.0 Å². The Balaban J connectivity index is 1.64. The molecule has 0 saturated carbocycles. The number of carbonyl (C=O) groups is 1. The molecule has 5 nitrogen and oxygen atoms in total. The molecule has 2 N–H and O–H groups in total. The molecule has 0 saturated heterocycles. The minimum atomic E-state index is -0.177. The van der Waals surface area contributed by atoms with Crippen molar-refractivity contribution >= 4 is 22.5 Å². The lowest BCUT2D eigenvalue weighted by atomic mass is 10.1. The Labute approximate surface area is 138 Å². The maximum absolute atomic E-state index is 12.3. The standard InChI is InChI=1S/C19H16N4O/c1-23-18(9-10-20-23)19(24)21-15-7-4-6-13(11-15)17-12-14-5-2-3-8-16(14)22-17/h2-12,22H,1H3,(H,21,24). The number of carbonyl (C=O) groups excluding carboxylic acids is 1. The highest BCUT2D eigenvalue weighted by molar-refractivity contribution is 6.03. The fraction of sp³-hybridized carbons (Fsp3) is 0.0526. The van der Waals surface area contributed by atoms with E-state index in [0.717, 1.165) is 27.8 Å². The summed E-state index contributed by atoms with van der Waals surface area (Å²) >= 11 is 0. The zero-order valence-corrected chi connectivity index (χ0v) is 13.2. The van der Waals surface area contributed by atoms with Crippen molar-refractivity contribution in [3.8, 4) is 11.3 Å². The van der Waals surface area contributed by atoms with E-state index in [0.29, 0.717) is 5.69 Å². The van der Waals surface area contributed by atoms with Crippen LogP contribution in [0, 0.1) is 0 Å². The summed E-state index contributed by atoms with van der Waals surface area (Å²) < 4.78 is 1.55. The molecule has 0 fully saturated rings. The van der Waals surface area contributed by atoms with Crippen LogP contribution in [0.2, 0.25) is 0 Å². The third kappa shape index (κ3) is 2.56. The quantitative estimate of drug-likeness (QED) is 0.603. The van der Waals surface area contributed by atoms with Gasteiger partial charge in [-0.2, -0.15) is 5.10 Å². The highest BCUT2D eigenvalue weighted by Crippen LogP contribution is 2.26. The molecule has 0 unspecified atom stereocenters. The van der Waals surface area contributed by atoms with Crippen molar-refractivity contribution < 1.29 is 4.79 Å². The van der Waals surface area contributed by atoms with Crippen molar-refractivity contribution in [3.05, 3.63) is 72.6 Å². The Morgan fingerprint density at radius 3 is 2.75 bits per heavy atom. The summed E-state index contributed by atoms with van der Waals surface area (Å²) in [6.45, 7) is 0. The average molecular weight is 316 g/mol. The van der Waals surface area contributed by atoms with Crippen LogP contribution in [0.25, 0.3) is 22.2 Å². The molecule has 0 bridgehead atoms. The van der Waals surface area contributed by atoms with Crippen molar-refractivity contribution in [2.75, 3.05) is 5.32 Å². The molecular formula is C19H16N4O. The molecular weight excluding hydrogens is 300 g/mol. The highest BCUT2D eigenvalue weighted by atomic mass is 16.2. The predicted octanol–water partition coefficient (Wildman–Crippen LogP) is 3.82. The lowest BCUT2D eigenvalue weighted by Gasteiger charge is -2.07. The van der Waals surface area contributed by atoms with E-state index < -0.39 is 0 Å². The molecule has 2 aromatic heterocycles. The normalized spacial score (nSPS) is 10.9. The smallest absolute Gasteiger partial charge is 0.273 e. The van der Waals surface area contributed by atoms with Gasteiger partial charge in [0.25, 0.3) is 5.91 Å². The molecule has 24 heavy (non-hydrogen) atoms. The van der Waals surface area contributed by atoms with Gasteiger partial charge in [0.1, 0.15) is 5.69 Å². The van der Waals surface area contributed by atoms with Gasteiger partial charge < -0.3 is 10.3 Å². The Kier molecular flexibility index (Phi) is 3.39. The number of benzene rings is 2. The number of anilines is 1. The van der Waals surface area contributed by atoms with E-state index in [1.165, 1.54) is 0 Å². The van der Waals surface area contributed by atoms with Crippen LogP contribution in [-0.2, 0) is 7.05 Å². The molecule has 0 atom stereocenters. The number of hydrogen-bond donors (Lipinski definition) is 2. The van der Waals surface area contributed by atoms with Gasteiger partial charge in [0.2, 0.25) is 0 Å². The molecule has 0 aliphatic carbocycles. The molecule has 118 valence electrons. The summed E-state index contributed by atoms with van der Waals surface area (Å²) in [6, 6.07) is 19.7. The van der Waals surface area contributed by atoms with Gasteiger partial charge in [-0.3, -0.25) is 9.48 Å². The molecule has 2 heterocycles. The van der Waals surface area contributed by atoms with E-state index in [-0.39, 0.29) is 5.91 Å². The average Bonchev–Trinajstić information content (AvgIpc) is 3.21. The predicted molar refractivity (Wildman–Crippen MR) is 94.9 cm³/mol. The second-order valence-electron chi connectivity index (χ2n) is 5.65. The zero-order chi connectivity index (χ0) is 16.5. The second-order valence-corrected chi connectivity index (χ2v) is 5.65. The Morgan fingerprint density at radius 1 is 1.08 bits per heavy atom. The van der Waals surface area contributed by atoms with Gasteiger partial charge in [-0.15, -0.1) is 0 Å². The fourth-order valence-corrected chi connectivity index (χ4v) is 2.79. The van der Waals surface area contributed by atoms with Gasteiger partial charge in [0, 0.05) is 41.1 Å². The third-order valence-electron chi connectivity index (χ3n) is 4.01. The third-order valence-corrected chi connectivity index (χ3v) is 4.01. The number of aromatic nitrogens is 3. The number of hydrogen-bond acceptors (Lipinski definition) is 2. The van der Waals surface area contributed by atoms with Gasteiger partial charge in [0.05, 0.1) is 0 Å². The maximum Gasteiger partial charge on any atom is 0.273 e. The highest BCUT2D eigenvalue weighted by Gasteiger charge is 2.11. The first-order valence-electron chi connectivity index (χ1n) is 7.68. The van der Waals surface area contributed by atoms with E-state index in [1.807, 2.05) is 42.5 Å². The topological polar surface area (TPSA) is 62.7 Å².